The van der Waals surface area contributed by atoms with Crippen molar-refractivity contribution in [3.05, 3.63) is 40.7 Å². The average molecular weight is 446 g/mol. The zero-order chi connectivity index (χ0) is 21.5. The predicted molar refractivity (Wildman–Crippen MR) is 118 cm³/mol. The largest absolute Gasteiger partial charge is 0.325 e. The van der Waals surface area contributed by atoms with Gasteiger partial charge in [-0.2, -0.15) is 0 Å². The second-order valence-electron chi connectivity index (χ2n) is 6.37. The fraction of sp³-hybridized carbons (Fsp3) is 0.368. The van der Waals surface area contributed by atoms with E-state index >= 15 is 0 Å². The Hall–Kier alpha value is -2.79. The molecule has 30 heavy (non-hydrogen) atoms. The van der Waals surface area contributed by atoms with Crippen LogP contribution in [0.2, 0.25) is 0 Å². The van der Waals surface area contributed by atoms with Crippen LogP contribution >= 0.6 is 23.1 Å². The summed E-state index contributed by atoms with van der Waals surface area (Å²) in [6, 6.07) is 7.60. The number of hydrogen-bond donors (Lipinski definition) is 2. The maximum atomic E-state index is 12.4. The van der Waals surface area contributed by atoms with E-state index in [1.54, 1.807) is 0 Å². The fourth-order valence-corrected chi connectivity index (χ4v) is 4.17. The number of anilines is 2. The van der Waals surface area contributed by atoms with Gasteiger partial charge < -0.3 is 9.88 Å². The molecular weight excluding hydrogens is 422 g/mol. The van der Waals surface area contributed by atoms with Crippen molar-refractivity contribution < 1.29 is 9.59 Å². The van der Waals surface area contributed by atoms with E-state index in [-0.39, 0.29) is 24.0 Å². The first-order valence-electron chi connectivity index (χ1n) is 9.52. The van der Waals surface area contributed by atoms with E-state index in [2.05, 4.69) is 31.0 Å². The van der Waals surface area contributed by atoms with Crippen molar-refractivity contribution in [3.63, 3.8) is 0 Å². The summed E-state index contributed by atoms with van der Waals surface area (Å²) < 4.78 is 1.84. The van der Waals surface area contributed by atoms with Gasteiger partial charge in [0.25, 0.3) is 0 Å². The van der Waals surface area contributed by atoms with Gasteiger partial charge in [-0.05, 0) is 31.9 Å². The molecule has 1 aromatic carbocycles. The van der Waals surface area contributed by atoms with Gasteiger partial charge >= 0.3 is 0 Å². The van der Waals surface area contributed by atoms with E-state index < -0.39 is 0 Å². The van der Waals surface area contributed by atoms with Crippen molar-refractivity contribution in [1.29, 1.82) is 0 Å². The summed E-state index contributed by atoms with van der Waals surface area (Å²) >= 11 is 2.63. The molecule has 11 heteroatoms. The van der Waals surface area contributed by atoms with E-state index in [4.69, 9.17) is 0 Å². The Bertz CT molecular complexity index is 1030. The molecule has 0 aliphatic carbocycles. The molecule has 0 aliphatic heterocycles. The van der Waals surface area contributed by atoms with E-state index in [0.717, 1.165) is 22.7 Å². The molecule has 158 valence electrons. The standard InChI is InChI=1S/C19H23N7O2S2/c1-4-17-23-24-18(30-17)21-16(28)11-29-19-25-22-14(26(19)5-2)10-15(27)20-13-9-7-6-8-12(13)3/h6-9H,4-5,10-11H2,1-3H3,(H,20,27)(H,21,24,28). The smallest absolute Gasteiger partial charge is 0.236 e. The van der Waals surface area contributed by atoms with Crippen LogP contribution in [0.15, 0.2) is 29.4 Å². The summed E-state index contributed by atoms with van der Waals surface area (Å²) in [5, 5.41) is 23.8. The third-order valence-electron chi connectivity index (χ3n) is 4.20. The van der Waals surface area contributed by atoms with Crippen LogP contribution in [0.25, 0.3) is 0 Å². The van der Waals surface area contributed by atoms with Crippen LogP contribution < -0.4 is 10.6 Å². The van der Waals surface area contributed by atoms with Crippen LogP contribution in [0.5, 0.6) is 0 Å². The summed E-state index contributed by atoms with van der Waals surface area (Å²) in [6.45, 7) is 6.47. The van der Waals surface area contributed by atoms with Crippen LogP contribution in [-0.2, 0) is 29.0 Å². The van der Waals surface area contributed by atoms with Crippen molar-refractivity contribution in [1.82, 2.24) is 25.0 Å². The Balaban J connectivity index is 1.57. The molecule has 0 saturated carbocycles. The van der Waals surface area contributed by atoms with E-state index in [1.165, 1.54) is 23.1 Å². The van der Waals surface area contributed by atoms with Gasteiger partial charge in [0.1, 0.15) is 10.8 Å². The number of hydrogen-bond acceptors (Lipinski definition) is 8. The van der Waals surface area contributed by atoms with Gasteiger partial charge in [0, 0.05) is 12.2 Å². The van der Waals surface area contributed by atoms with Crippen molar-refractivity contribution in [2.45, 2.75) is 45.3 Å². The highest BCUT2D eigenvalue weighted by atomic mass is 32.2. The second kappa shape index (κ2) is 10.3. The highest BCUT2D eigenvalue weighted by molar-refractivity contribution is 7.99. The number of nitrogens with zero attached hydrogens (tertiary/aromatic N) is 5. The summed E-state index contributed by atoms with van der Waals surface area (Å²) in [4.78, 5) is 24.6. The molecule has 3 aromatic rings. The van der Waals surface area contributed by atoms with Gasteiger partial charge in [0.05, 0.1) is 12.2 Å². The topological polar surface area (TPSA) is 115 Å². The van der Waals surface area contributed by atoms with E-state index in [9.17, 15) is 9.59 Å². The van der Waals surface area contributed by atoms with Gasteiger partial charge in [-0.15, -0.1) is 20.4 Å². The molecule has 0 aliphatic rings. The molecule has 0 bridgehead atoms. The molecule has 0 fully saturated rings. The van der Waals surface area contributed by atoms with Crippen LogP contribution in [0.4, 0.5) is 10.8 Å². The molecule has 0 radical (unpaired) electrons. The first kappa shape index (κ1) is 21.9. The zero-order valence-corrected chi connectivity index (χ0v) is 18.6. The van der Waals surface area contributed by atoms with Crippen molar-refractivity contribution in [2.75, 3.05) is 16.4 Å². The minimum absolute atomic E-state index is 0.104. The van der Waals surface area contributed by atoms with E-state index in [0.29, 0.717) is 22.7 Å². The molecule has 2 heterocycles. The molecule has 9 nitrogen and oxygen atoms in total. The van der Waals surface area contributed by atoms with Gasteiger partial charge in [0.15, 0.2) is 5.16 Å². The number of rotatable bonds is 9. The quantitative estimate of drug-likeness (QED) is 0.487. The Morgan fingerprint density at radius 1 is 1.07 bits per heavy atom. The summed E-state index contributed by atoms with van der Waals surface area (Å²) in [7, 11) is 0. The summed E-state index contributed by atoms with van der Waals surface area (Å²) in [5.41, 5.74) is 1.77. The lowest BCUT2D eigenvalue weighted by molar-refractivity contribution is -0.116. The third kappa shape index (κ3) is 5.63. The number of thioether (sulfide) groups is 1. The Morgan fingerprint density at radius 2 is 1.87 bits per heavy atom. The Kier molecular flexibility index (Phi) is 7.52. The minimum atomic E-state index is -0.191. The maximum absolute atomic E-state index is 12.4. The van der Waals surface area contributed by atoms with E-state index in [1.807, 2.05) is 49.6 Å². The maximum Gasteiger partial charge on any atom is 0.236 e. The lowest BCUT2D eigenvalue weighted by Crippen LogP contribution is -2.18. The normalized spacial score (nSPS) is 10.8. The van der Waals surface area contributed by atoms with Gasteiger partial charge in [-0.3, -0.25) is 14.9 Å². The molecule has 0 spiro atoms. The zero-order valence-electron chi connectivity index (χ0n) is 17.0. The molecular formula is C19H23N7O2S2. The van der Waals surface area contributed by atoms with Crippen molar-refractivity contribution >= 4 is 45.7 Å². The predicted octanol–water partition coefficient (Wildman–Crippen LogP) is 2.93. The SMILES string of the molecule is CCc1nnc(NC(=O)CSc2nnc(CC(=O)Nc3ccccc3C)n2CC)s1. The number of benzene rings is 1. The molecule has 0 saturated heterocycles. The highest BCUT2D eigenvalue weighted by Crippen LogP contribution is 2.20. The molecule has 2 N–H and O–H groups in total. The lowest BCUT2D eigenvalue weighted by Gasteiger charge is -2.09. The number of carbonyl (C=O) groups is 2. The molecule has 0 unspecified atom stereocenters. The highest BCUT2D eigenvalue weighted by Gasteiger charge is 2.17. The first-order valence-corrected chi connectivity index (χ1v) is 11.3. The van der Waals surface area contributed by atoms with Gasteiger partial charge in [0.2, 0.25) is 16.9 Å². The van der Waals surface area contributed by atoms with Crippen LogP contribution in [0.3, 0.4) is 0 Å². The number of nitrogens with one attached hydrogen (secondary N) is 2. The Labute approximate surface area is 182 Å². The van der Waals surface area contributed by atoms with Gasteiger partial charge in [-0.1, -0.05) is 48.2 Å². The number of aromatic nitrogens is 5. The summed E-state index contributed by atoms with van der Waals surface area (Å²) in [5.74, 6) is 0.365. The minimum Gasteiger partial charge on any atom is -0.325 e. The fourth-order valence-electron chi connectivity index (χ4n) is 2.66. The van der Waals surface area contributed by atoms with Crippen LogP contribution in [0, 0.1) is 6.92 Å². The number of para-hydroxylation sites is 1. The molecule has 2 aromatic heterocycles. The third-order valence-corrected chi connectivity index (χ3v) is 6.15. The number of amides is 2. The van der Waals surface area contributed by atoms with Crippen molar-refractivity contribution in [2.24, 2.45) is 0 Å². The Morgan fingerprint density at radius 3 is 2.57 bits per heavy atom. The molecule has 2 amide bonds. The second-order valence-corrected chi connectivity index (χ2v) is 8.38. The monoisotopic (exact) mass is 445 g/mol. The molecule has 0 atom stereocenters. The van der Waals surface area contributed by atoms with Crippen molar-refractivity contribution in [3.8, 4) is 0 Å². The summed E-state index contributed by atoms with van der Waals surface area (Å²) in [6.07, 6.45) is 0.884. The van der Waals surface area contributed by atoms with Gasteiger partial charge in [-0.25, -0.2) is 0 Å². The molecule has 3 rings (SSSR count). The number of aryl methyl sites for hydroxylation is 2. The lowest BCUT2D eigenvalue weighted by atomic mass is 10.2. The van der Waals surface area contributed by atoms with Crippen LogP contribution in [-0.4, -0.2) is 42.5 Å². The first-order chi connectivity index (χ1) is 14.5. The number of carbonyl (C=O) groups excluding carboxylic acids is 2. The van der Waals surface area contributed by atoms with Crippen LogP contribution in [0.1, 0.15) is 30.2 Å². The average Bonchev–Trinajstić information content (AvgIpc) is 3.34.